The van der Waals surface area contributed by atoms with E-state index < -0.39 is 29.1 Å². The van der Waals surface area contributed by atoms with Crippen LogP contribution in [0.4, 0.5) is 23.7 Å². The van der Waals surface area contributed by atoms with E-state index in [1.165, 1.54) is 0 Å². The molecule has 0 bridgehead atoms. The molecule has 20 heavy (non-hydrogen) atoms. The van der Waals surface area contributed by atoms with Crippen molar-refractivity contribution in [2.75, 3.05) is 5.32 Å². The smallest absolute Gasteiger partial charge is 0.418 e. The number of carbonyl (C=O) groups excluding carboxylic acids is 1. The molecule has 0 aliphatic carbocycles. The summed E-state index contributed by atoms with van der Waals surface area (Å²) in [6.07, 6.45) is -5.66. The molecule has 1 aromatic rings. The second-order valence-electron chi connectivity index (χ2n) is 5.00. The first-order chi connectivity index (χ1) is 9.03. The molecule has 0 aliphatic heterocycles. The van der Waals surface area contributed by atoms with Gasteiger partial charge in [-0.05, 0) is 39.0 Å². The number of nitrogens with one attached hydrogen (secondary N) is 1. The van der Waals surface area contributed by atoms with Gasteiger partial charge in [-0.2, -0.15) is 18.4 Å². The first kappa shape index (κ1) is 15.8. The largest absolute Gasteiger partial charge is 0.444 e. The highest BCUT2D eigenvalue weighted by atomic mass is 19.4. The number of carbonyl (C=O) groups is 1. The molecule has 0 heterocycles. The summed E-state index contributed by atoms with van der Waals surface area (Å²) in [5, 5.41) is 10.7. The number of nitriles is 1. The number of anilines is 1. The zero-order valence-electron chi connectivity index (χ0n) is 11.1. The zero-order valence-corrected chi connectivity index (χ0v) is 11.1. The topological polar surface area (TPSA) is 62.1 Å². The molecule has 1 aromatic carbocycles. The van der Waals surface area contributed by atoms with Gasteiger partial charge in [0.1, 0.15) is 5.60 Å². The van der Waals surface area contributed by atoms with Crippen LogP contribution in [0.5, 0.6) is 0 Å². The SMILES string of the molecule is CC(C)(C)OC(=O)Nc1cc(C#N)ccc1C(F)(F)F. The molecule has 0 aliphatic rings. The van der Waals surface area contributed by atoms with Crippen LogP contribution in [0.2, 0.25) is 0 Å². The maximum atomic E-state index is 12.8. The molecule has 0 unspecified atom stereocenters. The molecule has 7 heteroatoms. The molecular weight excluding hydrogens is 273 g/mol. The summed E-state index contributed by atoms with van der Waals surface area (Å²) in [7, 11) is 0. The number of hydrogen-bond acceptors (Lipinski definition) is 3. The lowest BCUT2D eigenvalue weighted by Crippen LogP contribution is -2.28. The fourth-order valence-corrected chi connectivity index (χ4v) is 1.38. The quantitative estimate of drug-likeness (QED) is 0.851. The van der Waals surface area contributed by atoms with Crippen molar-refractivity contribution in [1.29, 1.82) is 5.26 Å². The van der Waals surface area contributed by atoms with E-state index in [-0.39, 0.29) is 5.56 Å². The molecule has 108 valence electrons. The van der Waals surface area contributed by atoms with E-state index in [4.69, 9.17) is 10.00 Å². The summed E-state index contributed by atoms with van der Waals surface area (Å²) in [5.74, 6) is 0. The van der Waals surface area contributed by atoms with Gasteiger partial charge in [0.15, 0.2) is 0 Å². The number of ether oxygens (including phenoxy) is 1. The predicted molar refractivity (Wildman–Crippen MR) is 66.0 cm³/mol. The highest BCUT2D eigenvalue weighted by Crippen LogP contribution is 2.35. The van der Waals surface area contributed by atoms with Gasteiger partial charge < -0.3 is 4.74 Å². The van der Waals surface area contributed by atoms with E-state index in [9.17, 15) is 18.0 Å². The molecule has 0 radical (unpaired) electrons. The Labute approximate surface area is 114 Å². The summed E-state index contributed by atoms with van der Waals surface area (Å²) in [4.78, 5) is 11.5. The Kier molecular flexibility index (Phi) is 4.28. The Bertz CT molecular complexity index is 554. The van der Waals surface area contributed by atoms with Gasteiger partial charge in [0, 0.05) is 0 Å². The molecule has 0 aromatic heterocycles. The van der Waals surface area contributed by atoms with Gasteiger partial charge in [0.05, 0.1) is 22.9 Å². The van der Waals surface area contributed by atoms with Crippen LogP contribution in [0.3, 0.4) is 0 Å². The fraction of sp³-hybridized carbons (Fsp3) is 0.385. The van der Waals surface area contributed by atoms with Crippen LogP contribution < -0.4 is 5.32 Å². The minimum absolute atomic E-state index is 0.00376. The van der Waals surface area contributed by atoms with Crippen molar-refractivity contribution in [2.45, 2.75) is 32.5 Å². The van der Waals surface area contributed by atoms with E-state index >= 15 is 0 Å². The summed E-state index contributed by atoms with van der Waals surface area (Å²) < 4.78 is 43.3. The highest BCUT2D eigenvalue weighted by Gasteiger charge is 2.34. The van der Waals surface area contributed by atoms with Crippen molar-refractivity contribution in [3.8, 4) is 6.07 Å². The van der Waals surface area contributed by atoms with Crippen molar-refractivity contribution in [2.24, 2.45) is 0 Å². The average Bonchev–Trinajstić information content (AvgIpc) is 2.24. The molecule has 1 amide bonds. The van der Waals surface area contributed by atoms with Crippen molar-refractivity contribution in [3.05, 3.63) is 29.3 Å². The molecule has 1 rings (SSSR count). The first-order valence-corrected chi connectivity index (χ1v) is 5.64. The monoisotopic (exact) mass is 286 g/mol. The second-order valence-corrected chi connectivity index (χ2v) is 5.00. The Hall–Kier alpha value is -2.23. The molecule has 0 saturated carbocycles. The third kappa shape index (κ3) is 4.46. The van der Waals surface area contributed by atoms with Crippen LogP contribution in [0, 0.1) is 11.3 Å². The second kappa shape index (κ2) is 5.41. The lowest BCUT2D eigenvalue weighted by molar-refractivity contribution is -0.136. The Balaban J connectivity index is 3.09. The van der Waals surface area contributed by atoms with Crippen molar-refractivity contribution in [3.63, 3.8) is 0 Å². The first-order valence-electron chi connectivity index (χ1n) is 5.64. The highest BCUT2D eigenvalue weighted by molar-refractivity contribution is 5.86. The van der Waals surface area contributed by atoms with Crippen LogP contribution >= 0.6 is 0 Å². The van der Waals surface area contributed by atoms with E-state index in [1.807, 2.05) is 5.32 Å². The Morgan fingerprint density at radius 2 is 1.90 bits per heavy atom. The average molecular weight is 286 g/mol. The van der Waals surface area contributed by atoms with Gasteiger partial charge in [-0.1, -0.05) is 0 Å². The van der Waals surface area contributed by atoms with Crippen molar-refractivity contribution < 1.29 is 22.7 Å². The minimum atomic E-state index is -4.64. The standard InChI is InChI=1S/C13H13F3N2O2/c1-12(2,3)20-11(19)18-10-6-8(7-17)4-5-9(10)13(14,15)16/h4-6H,1-3H3,(H,18,19). The van der Waals surface area contributed by atoms with Gasteiger partial charge in [0.2, 0.25) is 0 Å². The Morgan fingerprint density at radius 1 is 1.30 bits per heavy atom. The van der Waals surface area contributed by atoms with Crippen molar-refractivity contribution in [1.82, 2.24) is 0 Å². The molecule has 1 N–H and O–H groups in total. The molecule has 0 fully saturated rings. The number of benzene rings is 1. The molecule has 4 nitrogen and oxygen atoms in total. The summed E-state index contributed by atoms with van der Waals surface area (Å²) in [5.41, 5.74) is -2.38. The van der Waals surface area contributed by atoms with Crippen LogP contribution in [0.25, 0.3) is 0 Å². The van der Waals surface area contributed by atoms with Crippen LogP contribution in [-0.4, -0.2) is 11.7 Å². The molecule has 0 saturated heterocycles. The van der Waals surface area contributed by atoms with Gasteiger partial charge >= 0.3 is 12.3 Å². The number of rotatable bonds is 1. The van der Waals surface area contributed by atoms with Gasteiger partial charge in [-0.15, -0.1) is 0 Å². The fourth-order valence-electron chi connectivity index (χ4n) is 1.38. The molecule has 0 atom stereocenters. The summed E-state index contributed by atoms with van der Waals surface area (Å²) in [6, 6.07) is 4.43. The number of hydrogen-bond donors (Lipinski definition) is 1. The lowest BCUT2D eigenvalue weighted by Gasteiger charge is -2.21. The third-order valence-electron chi connectivity index (χ3n) is 2.09. The zero-order chi connectivity index (χ0) is 15.6. The van der Waals surface area contributed by atoms with Crippen LogP contribution in [0.1, 0.15) is 31.9 Å². The Morgan fingerprint density at radius 3 is 2.35 bits per heavy atom. The van der Waals surface area contributed by atoms with E-state index in [0.717, 1.165) is 18.2 Å². The van der Waals surface area contributed by atoms with Gasteiger partial charge in [0.25, 0.3) is 0 Å². The third-order valence-corrected chi connectivity index (χ3v) is 2.09. The summed E-state index contributed by atoms with van der Waals surface area (Å²) in [6.45, 7) is 4.76. The minimum Gasteiger partial charge on any atom is -0.444 e. The van der Waals surface area contributed by atoms with Gasteiger partial charge in [-0.25, -0.2) is 4.79 Å². The van der Waals surface area contributed by atoms with E-state index in [1.54, 1.807) is 26.8 Å². The van der Waals surface area contributed by atoms with Gasteiger partial charge in [-0.3, -0.25) is 5.32 Å². The maximum Gasteiger partial charge on any atom is 0.418 e. The number of halogens is 3. The molecular formula is C13H13F3N2O2. The maximum absolute atomic E-state index is 12.8. The summed E-state index contributed by atoms with van der Waals surface area (Å²) >= 11 is 0. The van der Waals surface area contributed by atoms with Crippen LogP contribution in [-0.2, 0) is 10.9 Å². The van der Waals surface area contributed by atoms with E-state index in [2.05, 4.69) is 0 Å². The van der Waals surface area contributed by atoms with E-state index in [0.29, 0.717) is 0 Å². The van der Waals surface area contributed by atoms with Crippen LogP contribution in [0.15, 0.2) is 18.2 Å². The predicted octanol–water partition coefficient (Wildman–Crippen LogP) is 3.92. The number of alkyl halides is 3. The normalized spacial score (nSPS) is 11.7. The lowest BCUT2D eigenvalue weighted by atomic mass is 10.1. The number of nitrogens with zero attached hydrogens (tertiary/aromatic N) is 1. The molecule has 0 spiro atoms. The number of amides is 1. The van der Waals surface area contributed by atoms with Crippen molar-refractivity contribution >= 4 is 11.8 Å².